The van der Waals surface area contributed by atoms with E-state index in [1.165, 1.54) is 23.3 Å². The molecule has 1 aromatic rings. The molecule has 2 bridgehead atoms. The van der Waals surface area contributed by atoms with Gasteiger partial charge in [-0.3, -0.25) is 0 Å². The molecule has 2 unspecified atom stereocenters. The van der Waals surface area contributed by atoms with Gasteiger partial charge < -0.3 is 0 Å². The molecule has 0 saturated heterocycles. The Hall–Kier alpha value is -1.82. The molecule has 2 spiro atoms. The predicted octanol–water partition coefficient (Wildman–Crippen LogP) is 2.23. The Bertz CT molecular complexity index is 721. The zero-order chi connectivity index (χ0) is 11.8. The van der Waals surface area contributed by atoms with Gasteiger partial charge in [-0.1, -0.05) is 60.7 Å². The zero-order valence-electron chi connectivity index (χ0n) is 10.2. The van der Waals surface area contributed by atoms with Crippen LogP contribution >= 0.6 is 0 Å². The highest BCUT2D eigenvalue weighted by Gasteiger charge is 2.48. The van der Waals surface area contributed by atoms with E-state index in [2.05, 4.69) is 60.7 Å². The molecule has 6 rings (SSSR count). The zero-order valence-corrected chi connectivity index (χ0v) is 10.2. The fourth-order valence-electron chi connectivity index (χ4n) is 4.30. The minimum Gasteiger partial charge on any atom is -0.0730 e. The average molecular weight is 230 g/mol. The molecule has 5 aliphatic carbocycles. The Morgan fingerprint density at radius 1 is 0.667 bits per heavy atom. The van der Waals surface area contributed by atoms with Crippen LogP contribution in [0.25, 0.3) is 12.2 Å². The lowest BCUT2D eigenvalue weighted by Crippen LogP contribution is -2.50. The van der Waals surface area contributed by atoms with Gasteiger partial charge in [-0.05, 0) is 34.4 Å². The summed E-state index contributed by atoms with van der Waals surface area (Å²) in [6.07, 6.45) is 21.2. The van der Waals surface area contributed by atoms with E-state index in [1.807, 2.05) is 0 Å². The van der Waals surface area contributed by atoms with Gasteiger partial charge in [0, 0.05) is 10.8 Å². The third kappa shape index (κ3) is 0.809. The fraction of sp³-hybridized carbons (Fsp3) is 0.222. The standard InChI is InChI=1S/C18H14/c1-3-13-5-6-14-4-2-8-18-11-9-17(7-1,10-12-18)15(13)16(14)18/h1-9,11H,10,12H2. The number of benzene rings is 1. The third-order valence-corrected chi connectivity index (χ3v) is 5.17. The van der Waals surface area contributed by atoms with Gasteiger partial charge in [0.05, 0.1) is 0 Å². The first-order valence-electron chi connectivity index (χ1n) is 6.77. The summed E-state index contributed by atoms with van der Waals surface area (Å²) in [6.45, 7) is 0. The van der Waals surface area contributed by atoms with Crippen molar-refractivity contribution in [2.75, 3.05) is 0 Å². The second-order valence-corrected chi connectivity index (χ2v) is 5.96. The van der Waals surface area contributed by atoms with Gasteiger partial charge in [0.1, 0.15) is 0 Å². The number of hydrogen-bond donors (Lipinski definition) is 0. The van der Waals surface area contributed by atoms with Gasteiger partial charge in [0.25, 0.3) is 0 Å². The van der Waals surface area contributed by atoms with E-state index >= 15 is 0 Å². The fourth-order valence-corrected chi connectivity index (χ4v) is 4.30. The lowest BCUT2D eigenvalue weighted by Gasteiger charge is -2.50. The highest BCUT2D eigenvalue weighted by atomic mass is 14.5. The topological polar surface area (TPSA) is 0 Å². The Morgan fingerprint density at radius 2 is 1.17 bits per heavy atom. The molecule has 0 aliphatic heterocycles. The highest BCUT2D eigenvalue weighted by molar-refractivity contribution is 5.67. The molecule has 5 aliphatic rings. The molecule has 86 valence electrons. The molecule has 1 aromatic carbocycles. The van der Waals surface area contributed by atoms with E-state index in [0.717, 1.165) is 0 Å². The smallest absolute Gasteiger partial charge is 0.0325 e. The Morgan fingerprint density at radius 3 is 1.61 bits per heavy atom. The molecular weight excluding hydrogens is 216 g/mol. The lowest BCUT2D eigenvalue weighted by molar-refractivity contribution is 0.405. The first-order valence-corrected chi connectivity index (χ1v) is 6.77. The van der Waals surface area contributed by atoms with Crippen molar-refractivity contribution in [3.63, 3.8) is 0 Å². The number of rotatable bonds is 0. The second-order valence-electron chi connectivity index (χ2n) is 5.96. The molecule has 0 amide bonds. The summed E-state index contributed by atoms with van der Waals surface area (Å²) in [5.74, 6) is 0. The molecule has 0 radical (unpaired) electrons. The Labute approximate surface area is 106 Å². The number of fused-ring (bicyclic) bond motifs is 1. The quantitative estimate of drug-likeness (QED) is 0.600. The van der Waals surface area contributed by atoms with Crippen LogP contribution in [0.3, 0.4) is 0 Å². The Kier molecular flexibility index (Phi) is 1.33. The molecule has 0 saturated carbocycles. The molecule has 0 heterocycles. The third-order valence-electron chi connectivity index (χ3n) is 5.17. The van der Waals surface area contributed by atoms with Crippen LogP contribution < -0.4 is 10.4 Å². The molecular formula is C18H14. The summed E-state index contributed by atoms with van der Waals surface area (Å²) in [7, 11) is 0. The van der Waals surface area contributed by atoms with Gasteiger partial charge in [0.2, 0.25) is 0 Å². The number of allylic oxidation sites excluding steroid dienone is 6. The molecule has 0 nitrogen and oxygen atoms in total. The molecule has 18 heavy (non-hydrogen) atoms. The average Bonchev–Trinajstić information content (AvgIpc) is 2.44. The minimum atomic E-state index is 0.191. The summed E-state index contributed by atoms with van der Waals surface area (Å²) in [4.78, 5) is 0. The molecule has 0 heteroatoms. The predicted molar refractivity (Wildman–Crippen MR) is 74.6 cm³/mol. The molecule has 0 N–H and O–H groups in total. The number of hydrogen-bond acceptors (Lipinski definition) is 0. The van der Waals surface area contributed by atoms with Crippen LogP contribution in [0.5, 0.6) is 0 Å². The van der Waals surface area contributed by atoms with Crippen LogP contribution in [-0.4, -0.2) is 0 Å². The van der Waals surface area contributed by atoms with Crippen molar-refractivity contribution < 1.29 is 0 Å². The summed E-state index contributed by atoms with van der Waals surface area (Å²) in [5, 5.41) is 2.85. The van der Waals surface area contributed by atoms with Crippen LogP contribution in [0.15, 0.2) is 48.6 Å². The first-order chi connectivity index (χ1) is 8.83. The van der Waals surface area contributed by atoms with Crippen molar-refractivity contribution in [2.24, 2.45) is 0 Å². The van der Waals surface area contributed by atoms with E-state index in [1.54, 1.807) is 11.1 Å². The lowest BCUT2D eigenvalue weighted by atomic mass is 9.53. The second kappa shape index (κ2) is 2.61. The summed E-state index contributed by atoms with van der Waals surface area (Å²) in [6, 6.07) is 4.58. The van der Waals surface area contributed by atoms with E-state index in [-0.39, 0.29) is 10.8 Å². The Balaban J connectivity index is 2.11. The van der Waals surface area contributed by atoms with Gasteiger partial charge >= 0.3 is 0 Å². The first kappa shape index (κ1) is 9.16. The monoisotopic (exact) mass is 230 g/mol. The minimum absolute atomic E-state index is 0.191. The SMILES string of the molecule is C1=CC23C=CC4(C=CC=c5ccc(c2c54)=C1)CC3. The van der Waals surface area contributed by atoms with Crippen LogP contribution in [0.1, 0.15) is 24.0 Å². The maximum atomic E-state index is 2.45. The van der Waals surface area contributed by atoms with Gasteiger partial charge in [-0.25, -0.2) is 0 Å². The van der Waals surface area contributed by atoms with Crippen LogP contribution in [0.2, 0.25) is 0 Å². The molecule has 0 fully saturated rings. The van der Waals surface area contributed by atoms with Crippen LogP contribution in [0.4, 0.5) is 0 Å². The maximum Gasteiger partial charge on any atom is 0.0325 e. The highest BCUT2D eigenvalue weighted by Crippen LogP contribution is 2.52. The van der Waals surface area contributed by atoms with Crippen molar-refractivity contribution in [1.82, 2.24) is 0 Å². The molecule has 2 atom stereocenters. The summed E-state index contributed by atoms with van der Waals surface area (Å²) in [5.41, 5.74) is 3.54. The van der Waals surface area contributed by atoms with E-state index < -0.39 is 0 Å². The van der Waals surface area contributed by atoms with Crippen LogP contribution in [0, 0.1) is 0 Å². The largest absolute Gasteiger partial charge is 0.0730 e. The van der Waals surface area contributed by atoms with Crippen molar-refractivity contribution in [3.8, 4) is 0 Å². The van der Waals surface area contributed by atoms with E-state index in [0.29, 0.717) is 0 Å². The van der Waals surface area contributed by atoms with Crippen molar-refractivity contribution >= 4 is 12.2 Å². The normalized spacial score (nSPS) is 36.0. The summed E-state index contributed by atoms with van der Waals surface area (Å²) < 4.78 is 0. The van der Waals surface area contributed by atoms with Gasteiger partial charge in [-0.2, -0.15) is 0 Å². The van der Waals surface area contributed by atoms with Crippen LogP contribution in [-0.2, 0) is 10.8 Å². The van der Waals surface area contributed by atoms with Gasteiger partial charge in [-0.15, -0.1) is 0 Å². The summed E-state index contributed by atoms with van der Waals surface area (Å²) >= 11 is 0. The van der Waals surface area contributed by atoms with E-state index in [9.17, 15) is 0 Å². The van der Waals surface area contributed by atoms with Crippen molar-refractivity contribution in [1.29, 1.82) is 0 Å². The van der Waals surface area contributed by atoms with E-state index in [4.69, 9.17) is 0 Å². The molecule has 0 aromatic heterocycles. The van der Waals surface area contributed by atoms with Crippen molar-refractivity contribution in [2.45, 2.75) is 23.7 Å². The maximum absolute atomic E-state index is 2.45. The van der Waals surface area contributed by atoms with Crippen molar-refractivity contribution in [3.05, 3.63) is 70.2 Å². The van der Waals surface area contributed by atoms with Gasteiger partial charge in [0.15, 0.2) is 0 Å².